The van der Waals surface area contributed by atoms with Gasteiger partial charge in [0, 0.05) is 43.2 Å². The molecule has 0 radical (unpaired) electrons. The summed E-state index contributed by atoms with van der Waals surface area (Å²) >= 11 is 0. The Morgan fingerprint density at radius 3 is 2.77 bits per heavy atom. The Morgan fingerprint density at radius 1 is 1.26 bits per heavy atom. The molecular weight excluding hydrogens is 394 g/mol. The second kappa shape index (κ2) is 8.91. The Hall–Kier alpha value is -2.54. The minimum Gasteiger partial charge on any atom is -0.496 e. The average molecular weight is 428 g/mol. The van der Waals surface area contributed by atoms with Crippen LogP contribution in [0.25, 0.3) is 10.9 Å². The zero-order valence-corrected chi connectivity index (χ0v) is 18.8. The lowest BCUT2D eigenvalue weighted by Gasteiger charge is -2.51. The fraction of sp³-hybridized carbons (Fsp3) is 0.583. The lowest BCUT2D eigenvalue weighted by molar-refractivity contribution is -0.154. The number of piperidine rings is 2. The van der Waals surface area contributed by atoms with Crippen molar-refractivity contribution in [1.29, 1.82) is 0 Å². The molecule has 7 heteroatoms. The molecule has 2 amide bonds. The van der Waals surface area contributed by atoms with Crippen LogP contribution in [0.2, 0.25) is 0 Å². The maximum atomic E-state index is 13.5. The number of aromatic nitrogens is 1. The largest absolute Gasteiger partial charge is 0.496 e. The van der Waals surface area contributed by atoms with Crippen LogP contribution in [0.1, 0.15) is 50.0 Å². The van der Waals surface area contributed by atoms with Gasteiger partial charge in [0.15, 0.2) is 0 Å². The first-order valence-corrected chi connectivity index (χ1v) is 11.4. The number of nitrogens with zero attached hydrogens (tertiary/aromatic N) is 2. The lowest BCUT2D eigenvalue weighted by atomic mass is 9.67. The number of likely N-dealkylation sites (tertiary alicyclic amines) is 2. The molecule has 2 fully saturated rings. The maximum Gasteiger partial charge on any atom is 0.270 e. The highest BCUT2D eigenvalue weighted by atomic mass is 16.5. The minimum absolute atomic E-state index is 0.0518. The summed E-state index contributed by atoms with van der Waals surface area (Å²) in [5.74, 6) is 0.870. The first kappa shape index (κ1) is 21.7. The molecule has 0 bridgehead atoms. The molecule has 0 aliphatic carbocycles. The highest BCUT2D eigenvalue weighted by Crippen LogP contribution is 2.44. The van der Waals surface area contributed by atoms with E-state index in [1.165, 1.54) is 0 Å². The first-order chi connectivity index (χ1) is 15.0. The van der Waals surface area contributed by atoms with Gasteiger partial charge in [-0.3, -0.25) is 9.59 Å². The van der Waals surface area contributed by atoms with Crippen molar-refractivity contribution in [3.8, 4) is 5.75 Å². The van der Waals surface area contributed by atoms with Crippen molar-refractivity contribution in [2.75, 3.05) is 40.0 Å². The van der Waals surface area contributed by atoms with Crippen molar-refractivity contribution in [2.24, 2.45) is 5.41 Å². The van der Waals surface area contributed by atoms with Gasteiger partial charge in [0.1, 0.15) is 11.4 Å². The fourth-order valence-electron chi connectivity index (χ4n) is 5.38. The molecule has 4 rings (SSSR count). The summed E-state index contributed by atoms with van der Waals surface area (Å²) in [6.07, 6.45) is 3.48. The van der Waals surface area contributed by atoms with Crippen LogP contribution in [0.3, 0.4) is 0 Å². The molecule has 2 aromatic rings. The van der Waals surface area contributed by atoms with Crippen LogP contribution >= 0.6 is 0 Å². The highest BCUT2D eigenvalue weighted by Gasteiger charge is 2.52. The van der Waals surface area contributed by atoms with Gasteiger partial charge in [-0.2, -0.15) is 0 Å². The molecule has 1 N–H and O–H groups in total. The number of carbonyl (C=O) groups excluding carboxylic acids is 2. The zero-order chi connectivity index (χ0) is 22.0. The van der Waals surface area contributed by atoms with Crippen molar-refractivity contribution in [3.05, 3.63) is 30.0 Å². The van der Waals surface area contributed by atoms with Gasteiger partial charge in [-0.1, -0.05) is 6.07 Å². The monoisotopic (exact) mass is 427 g/mol. The van der Waals surface area contributed by atoms with Crippen molar-refractivity contribution in [2.45, 2.75) is 45.6 Å². The normalized spacial score (nSPS) is 24.2. The zero-order valence-electron chi connectivity index (χ0n) is 18.8. The van der Waals surface area contributed by atoms with Gasteiger partial charge >= 0.3 is 0 Å². The average Bonchev–Trinajstić information content (AvgIpc) is 3.22. The number of carbonyl (C=O) groups is 2. The second-order valence-corrected chi connectivity index (χ2v) is 8.63. The van der Waals surface area contributed by atoms with Gasteiger partial charge in [-0.05, 0) is 57.7 Å². The van der Waals surface area contributed by atoms with E-state index in [0.717, 1.165) is 48.9 Å². The molecule has 2 aliphatic heterocycles. The molecule has 31 heavy (non-hydrogen) atoms. The molecule has 1 aromatic heterocycles. The second-order valence-electron chi connectivity index (χ2n) is 8.63. The van der Waals surface area contributed by atoms with E-state index in [2.05, 4.69) is 4.98 Å². The number of benzene rings is 1. The van der Waals surface area contributed by atoms with E-state index in [4.69, 9.17) is 9.47 Å². The number of rotatable bonds is 6. The van der Waals surface area contributed by atoms with Gasteiger partial charge in [-0.15, -0.1) is 0 Å². The van der Waals surface area contributed by atoms with Gasteiger partial charge in [-0.25, -0.2) is 0 Å². The van der Waals surface area contributed by atoms with Gasteiger partial charge < -0.3 is 24.3 Å². The first-order valence-electron chi connectivity index (χ1n) is 11.4. The summed E-state index contributed by atoms with van der Waals surface area (Å²) in [6, 6.07) is 7.45. The number of amides is 2. The van der Waals surface area contributed by atoms with Gasteiger partial charge in [0.05, 0.1) is 19.1 Å². The van der Waals surface area contributed by atoms with Crippen molar-refractivity contribution >= 4 is 22.7 Å². The highest BCUT2D eigenvalue weighted by molar-refractivity contribution is 6.00. The van der Waals surface area contributed by atoms with Crippen LogP contribution in [-0.2, 0) is 9.53 Å². The number of methoxy groups -OCH3 is 1. The van der Waals surface area contributed by atoms with Crippen molar-refractivity contribution in [3.63, 3.8) is 0 Å². The summed E-state index contributed by atoms with van der Waals surface area (Å²) in [4.78, 5) is 34.1. The van der Waals surface area contributed by atoms with Gasteiger partial charge in [0.2, 0.25) is 5.91 Å². The summed E-state index contributed by atoms with van der Waals surface area (Å²) in [6.45, 7) is 7.29. The summed E-state index contributed by atoms with van der Waals surface area (Å²) < 4.78 is 10.9. The molecule has 2 atom stereocenters. The third-order valence-corrected chi connectivity index (χ3v) is 7.10. The van der Waals surface area contributed by atoms with E-state index in [-0.39, 0.29) is 17.9 Å². The third kappa shape index (κ3) is 3.80. The molecule has 1 aromatic carbocycles. The maximum absolute atomic E-state index is 13.5. The van der Waals surface area contributed by atoms with E-state index < -0.39 is 5.41 Å². The van der Waals surface area contributed by atoms with Crippen LogP contribution in [0, 0.1) is 5.41 Å². The standard InChI is InChI=1S/C24H33N3O4/c1-4-31-15-14-26-12-6-10-24(23(26)29)11-7-13-27(17(24)2)22(28)20-16-18-19(25-20)8-5-9-21(18)30-3/h5,8-9,16-17,25H,4,6-7,10-15H2,1-3H3/t17-,24-/m0/s1. The Bertz CT molecular complexity index is 951. The number of nitrogens with one attached hydrogen (secondary N) is 1. The number of hydrogen-bond donors (Lipinski definition) is 1. The molecular formula is C24H33N3O4. The number of hydrogen-bond acceptors (Lipinski definition) is 4. The predicted octanol–water partition coefficient (Wildman–Crippen LogP) is 3.45. The van der Waals surface area contributed by atoms with Crippen LogP contribution in [-0.4, -0.2) is 72.6 Å². The Morgan fingerprint density at radius 2 is 2.03 bits per heavy atom. The molecule has 0 saturated carbocycles. The van der Waals surface area contributed by atoms with E-state index in [0.29, 0.717) is 32.0 Å². The van der Waals surface area contributed by atoms with Crippen LogP contribution < -0.4 is 4.74 Å². The SMILES string of the molecule is CCOCCN1CCC[C@@]2(CCCN(C(=O)c3cc4c(OC)cccc4[nH]3)[C@H]2C)C1=O. The van der Waals surface area contributed by atoms with Crippen molar-refractivity contribution < 1.29 is 19.1 Å². The third-order valence-electron chi connectivity index (χ3n) is 7.10. The van der Waals surface area contributed by atoms with Crippen LogP contribution in [0.5, 0.6) is 5.75 Å². The number of fused-ring (bicyclic) bond motifs is 1. The van der Waals surface area contributed by atoms with Gasteiger partial charge in [0.25, 0.3) is 5.91 Å². The smallest absolute Gasteiger partial charge is 0.270 e. The molecule has 0 unspecified atom stereocenters. The quantitative estimate of drug-likeness (QED) is 0.717. The molecule has 1 spiro atoms. The number of ether oxygens (including phenoxy) is 2. The summed E-state index contributed by atoms with van der Waals surface area (Å²) in [5.41, 5.74) is 0.917. The molecule has 2 saturated heterocycles. The Labute approximate surface area is 183 Å². The Kier molecular flexibility index (Phi) is 6.23. The lowest BCUT2D eigenvalue weighted by Crippen LogP contribution is -2.62. The Balaban J connectivity index is 1.57. The van der Waals surface area contributed by atoms with Crippen molar-refractivity contribution in [1.82, 2.24) is 14.8 Å². The number of H-pyrrole nitrogens is 1. The van der Waals surface area contributed by atoms with E-state index in [1.807, 2.05) is 47.9 Å². The number of aromatic amines is 1. The summed E-state index contributed by atoms with van der Waals surface area (Å²) in [5, 5.41) is 0.892. The van der Waals surface area contributed by atoms with E-state index >= 15 is 0 Å². The van der Waals surface area contributed by atoms with Crippen LogP contribution in [0.15, 0.2) is 24.3 Å². The fourth-order valence-corrected chi connectivity index (χ4v) is 5.38. The topological polar surface area (TPSA) is 74.9 Å². The predicted molar refractivity (Wildman–Crippen MR) is 119 cm³/mol. The van der Waals surface area contributed by atoms with E-state index in [1.54, 1.807) is 7.11 Å². The summed E-state index contributed by atoms with van der Waals surface area (Å²) in [7, 11) is 1.63. The van der Waals surface area contributed by atoms with Crippen LogP contribution in [0.4, 0.5) is 0 Å². The van der Waals surface area contributed by atoms with E-state index in [9.17, 15) is 9.59 Å². The molecule has 168 valence electrons. The molecule has 3 heterocycles. The molecule has 2 aliphatic rings. The molecule has 7 nitrogen and oxygen atoms in total. The minimum atomic E-state index is -0.498.